The third-order valence-corrected chi connectivity index (χ3v) is 7.75. The number of aryl methyl sites for hydroxylation is 2. The number of hydrogen-bond donors (Lipinski definition) is 1. The summed E-state index contributed by atoms with van der Waals surface area (Å²) >= 11 is 0. The predicted molar refractivity (Wildman–Crippen MR) is 111 cm³/mol. The van der Waals surface area contributed by atoms with Crippen LogP contribution in [0.4, 0.5) is 0 Å². The van der Waals surface area contributed by atoms with Gasteiger partial charge < -0.3 is 9.05 Å². The molecule has 2 N–H and O–H groups in total. The van der Waals surface area contributed by atoms with Gasteiger partial charge in [-0.3, -0.25) is 0 Å². The van der Waals surface area contributed by atoms with Crippen molar-refractivity contribution in [1.29, 1.82) is 0 Å². The zero-order valence-corrected chi connectivity index (χ0v) is 18.4. The van der Waals surface area contributed by atoms with E-state index in [0.717, 1.165) is 35.1 Å². The lowest BCUT2D eigenvalue weighted by atomic mass is 9.72. The van der Waals surface area contributed by atoms with E-state index in [9.17, 15) is 4.57 Å². The van der Waals surface area contributed by atoms with Crippen LogP contribution in [0.25, 0.3) is 0 Å². The molecule has 1 spiro atoms. The first-order valence-electron chi connectivity index (χ1n) is 9.94. The molecule has 0 saturated heterocycles. The molecule has 0 saturated carbocycles. The summed E-state index contributed by atoms with van der Waals surface area (Å²) in [6.07, 6.45) is 1.94. The average molecular weight is 397 g/mol. The fourth-order valence-corrected chi connectivity index (χ4v) is 7.11. The van der Waals surface area contributed by atoms with Gasteiger partial charge in [-0.15, -0.1) is 0 Å². The molecule has 5 heteroatoms. The zero-order chi connectivity index (χ0) is 20.3. The summed E-state index contributed by atoms with van der Waals surface area (Å²) < 4.78 is 24.9. The van der Waals surface area contributed by atoms with Crippen molar-refractivity contribution in [1.82, 2.24) is 0 Å². The fraction of sp³-hybridized carbons (Fsp3) is 0.478. The molecule has 2 aromatic rings. The highest BCUT2D eigenvalue weighted by Gasteiger charge is 2.60. The van der Waals surface area contributed by atoms with Crippen LogP contribution < -0.4 is 14.6 Å². The minimum Gasteiger partial charge on any atom is -0.404 e. The van der Waals surface area contributed by atoms with Crippen LogP contribution in [0.5, 0.6) is 11.5 Å². The number of nitrogens with two attached hydrogens (primary N) is 1. The number of rotatable bonds is 0. The van der Waals surface area contributed by atoms with Gasteiger partial charge in [0.2, 0.25) is 0 Å². The first kappa shape index (κ1) is 18.3. The largest absolute Gasteiger partial charge is 0.510 e. The Kier molecular flexibility index (Phi) is 3.29. The minimum absolute atomic E-state index is 0.0256. The van der Waals surface area contributed by atoms with E-state index in [4.69, 9.17) is 14.6 Å². The molecule has 28 heavy (non-hydrogen) atoms. The highest BCUT2D eigenvalue weighted by molar-refractivity contribution is 7.52. The number of benzene rings is 2. The van der Waals surface area contributed by atoms with Gasteiger partial charge in [-0.25, -0.2) is 10.1 Å². The third-order valence-electron chi connectivity index (χ3n) is 6.85. The Morgan fingerprint density at radius 3 is 1.61 bits per heavy atom. The molecule has 4 nitrogen and oxygen atoms in total. The van der Waals surface area contributed by atoms with E-state index in [2.05, 4.69) is 39.8 Å². The standard InChI is InChI=1S/C23H28NO3P/c1-13-7-15-19-17(9-13)26-28(24,25)27-18-10-14(2)8-16-20(18)23(19,11-21(15,3)4)12-22(16,5)6/h7-10H,11-12H2,1-6H3,(H2,24,25). The Hall–Kier alpha value is -1.77. The second kappa shape index (κ2) is 5.04. The maximum Gasteiger partial charge on any atom is 0.510 e. The monoisotopic (exact) mass is 397 g/mol. The minimum atomic E-state index is -3.79. The lowest BCUT2D eigenvalue weighted by molar-refractivity contribution is 0.327. The van der Waals surface area contributed by atoms with Gasteiger partial charge in [0.25, 0.3) is 0 Å². The van der Waals surface area contributed by atoms with Crippen LogP contribution in [0.2, 0.25) is 0 Å². The van der Waals surface area contributed by atoms with Crippen molar-refractivity contribution in [3.63, 3.8) is 0 Å². The Morgan fingerprint density at radius 1 is 0.821 bits per heavy atom. The summed E-state index contributed by atoms with van der Waals surface area (Å²) in [7, 11) is -3.79. The maximum atomic E-state index is 13.1. The van der Waals surface area contributed by atoms with Crippen molar-refractivity contribution in [2.24, 2.45) is 5.50 Å². The maximum absolute atomic E-state index is 13.1. The van der Waals surface area contributed by atoms with Crippen LogP contribution in [-0.2, 0) is 20.8 Å². The lowest BCUT2D eigenvalue weighted by Crippen LogP contribution is -2.29. The molecule has 148 valence electrons. The molecule has 0 radical (unpaired) electrons. The summed E-state index contributed by atoms with van der Waals surface area (Å²) in [5.74, 6) is 1.25. The van der Waals surface area contributed by atoms with Crippen LogP contribution in [0.3, 0.4) is 0 Å². The SMILES string of the molecule is Cc1cc2c3c(c1)C(C)(C)CC31CC(C)(C)c3cc(C)cc(c31)OP(N)(=O)O2. The van der Waals surface area contributed by atoms with E-state index < -0.39 is 7.75 Å². The topological polar surface area (TPSA) is 61.5 Å². The first-order valence-corrected chi connectivity index (χ1v) is 11.5. The van der Waals surface area contributed by atoms with Crippen molar-refractivity contribution in [3.05, 3.63) is 57.6 Å². The summed E-state index contributed by atoms with van der Waals surface area (Å²) in [6.45, 7) is 13.3. The van der Waals surface area contributed by atoms with Gasteiger partial charge in [-0.2, -0.15) is 0 Å². The average Bonchev–Trinajstić information content (AvgIpc) is 2.84. The Morgan fingerprint density at radius 2 is 1.21 bits per heavy atom. The Balaban J connectivity index is 1.97. The third kappa shape index (κ3) is 2.25. The van der Waals surface area contributed by atoms with E-state index in [-0.39, 0.29) is 16.2 Å². The van der Waals surface area contributed by atoms with E-state index in [1.807, 2.05) is 26.0 Å². The molecule has 0 fully saturated rings. The summed E-state index contributed by atoms with van der Waals surface area (Å²) in [4.78, 5) is 0. The van der Waals surface area contributed by atoms with Gasteiger partial charge in [0.1, 0.15) is 11.5 Å². The van der Waals surface area contributed by atoms with Crippen molar-refractivity contribution in [2.75, 3.05) is 0 Å². The van der Waals surface area contributed by atoms with Gasteiger partial charge in [-0.05, 0) is 71.9 Å². The van der Waals surface area contributed by atoms with E-state index in [1.54, 1.807) is 0 Å². The number of hydrogen-bond acceptors (Lipinski definition) is 3. The van der Waals surface area contributed by atoms with Gasteiger partial charge in [0.15, 0.2) is 0 Å². The quantitative estimate of drug-likeness (QED) is 0.572. The molecule has 2 aliphatic carbocycles. The molecule has 0 amide bonds. The van der Waals surface area contributed by atoms with Crippen LogP contribution in [-0.4, -0.2) is 0 Å². The molecule has 0 aromatic heterocycles. The summed E-state index contributed by atoms with van der Waals surface area (Å²) in [5.41, 5.74) is 12.8. The van der Waals surface area contributed by atoms with Crippen molar-refractivity contribution in [3.8, 4) is 11.5 Å². The van der Waals surface area contributed by atoms with Crippen LogP contribution in [0.1, 0.15) is 73.9 Å². The highest BCUT2D eigenvalue weighted by Crippen LogP contribution is 2.68. The molecule has 3 aliphatic rings. The summed E-state index contributed by atoms with van der Waals surface area (Å²) in [6, 6.07) is 8.46. The molecule has 0 atom stereocenters. The Labute approximate surface area is 167 Å². The van der Waals surface area contributed by atoms with E-state index in [0.29, 0.717) is 11.5 Å². The zero-order valence-electron chi connectivity index (χ0n) is 17.5. The smallest absolute Gasteiger partial charge is 0.404 e. The fourth-order valence-electron chi connectivity index (χ4n) is 6.24. The van der Waals surface area contributed by atoms with E-state index >= 15 is 0 Å². The van der Waals surface area contributed by atoms with E-state index in [1.165, 1.54) is 11.1 Å². The molecular formula is C23H28NO3P. The lowest BCUT2D eigenvalue weighted by Gasteiger charge is -2.34. The van der Waals surface area contributed by atoms with Crippen LogP contribution >= 0.6 is 7.75 Å². The van der Waals surface area contributed by atoms with Crippen molar-refractivity contribution in [2.45, 2.75) is 70.6 Å². The van der Waals surface area contributed by atoms with Crippen molar-refractivity contribution < 1.29 is 13.6 Å². The molecule has 1 aliphatic heterocycles. The molecule has 2 aromatic carbocycles. The molecule has 1 heterocycles. The Bertz CT molecular complexity index is 1020. The van der Waals surface area contributed by atoms with Gasteiger partial charge in [0.05, 0.1) is 0 Å². The molecular weight excluding hydrogens is 369 g/mol. The highest BCUT2D eigenvalue weighted by atomic mass is 31.2. The molecule has 0 bridgehead atoms. The van der Waals surface area contributed by atoms with Crippen LogP contribution in [0, 0.1) is 13.8 Å². The van der Waals surface area contributed by atoms with Gasteiger partial charge in [-0.1, -0.05) is 39.8 Å². The first-order chi connectivity index (χ1) is 12.8. The second-order valence-corrected chi connectivity index (χ2v) is 11.7. The van der Waals surface area contributed by atoms with Gasteiger partial charge >= 0.3 is 7.75 Å². The predicted octanol–water partition coefficient (Wildman–Crippen LogP) is 5.79. The molecule has 5 rings (SSSR count). The van der Waals surface area contributed by atoms with Crippen LogP contribution in [0.15, 0.2) is 24.3 Å². The second-order valence-electron chi connectivity index (χ2n) is 10.3. The van der Waals surface area contributed by atoms with Gasteiger partial charge in [0, 0.05) is 16.5 Å². The summed E-state index contributed by atoms with van der Waals surface area (Å²) in [5, 5.41) is 0. The van der Waals surface area contributed by atoms with Crippen molar-refractivity contribution >= 4 is 7.75 Å². The molecule has 0 unspecified atom stereocenters. The normalized spacial score (nSPS) is 23.7.